The van der Waals surface area contributed by atoms with Gasteiger partial charge in [0.1, 0.15) is 30.0 Å². The van der Waals surface area contributed by atoms with E-state index in [0.29, 0.717) is 0 Å². The summed E-state index contributed by atoms with van der Waals surface area (Å²) >= 11 is 0. The fourth-order valence-electron chi connectivity index (χ4n) is 1.17. The highest BCUT2D eigenvalue weighted by Gasteiger charge is 2.10. The average molecular weight is 260 g/mol. The number of hydrogen-bond donors (Lipinski definition) is 3. The third-order valence-electron chi connectivity index (χ3n) is 2.04. The molecule has 1 aromatic rings. The Morgan fingerprint density at radius 2 is 2.00 bits per heavy atom. The van der Waals surface area contributed by atoms with Crippen molar-refractivity contribution in [2.75, 3.05) is 19.8 Å². The van der Waals surface area contributed by atoms with Crippen molar-refractivity contribution in [2.45, 2.75) is 6.04 Å². The molecule has 0 radical (unpaired) electrons. The number of carbonyl (C=O) groups is 1. The number of nitrogens with one attached hydrogen (secondary N) is 1. The number of carbonyl (C=O) groups excluding carboxylic acids is 1. The molecule has 4 N–H and O–H groups in total. The lowest BCUT2D eigenvalue weighted by Crippen LogP contribution is -2.44. The molecule has 1 amide bonds. The number of benzene rings is 1. The van der Waals surface area contributed by atoms with Crippen molar-refractivity contribution in [3.63, 3.8) is 0 Å². The fourth-order valence-corrected chi connectivity index (χ4v) is 1.17. The van der Waals surface area contributed by atoms with Crippen molar-refractivity contribution in [2.24, 2.45) is 5.73 Å². The van der Waals surface area contributed by atoms with E-state index >= 15 is 0 Å². The molecule has 0 aliphatic carbocycles. The number of ether oxygens (including phenoxy) is 1. The van der Waals surface area contributed by atoms with Gasteiger partial charge >= 0.3 is 0 Å². The van der Waals surface area contributed by atoms with Crippen LogP contribution >= 0.6 is 0 Å². The van der Waals surface area contributed by atoms with E-state index in [2.05, 4.69) is 5.32 Å². The minimum Gasteiger partial charge on any atom is -0.492 e. The van der Waals surface area contributed by atoms with Crippen molar-refractivity contribution in [3.05, 3.63) is 29.8 Å². The first-order valence-electron chi connectivity index (χ1n) is 5.26. The summed E-state index contributed by atoms with van der Waals surface area (Å²) in [5, 5.41) is 11.0. The van der Waals surface area contributed by atoms with Gasteiger partial charge in [0, 0.05) is 18.2 Å². The number of halogens is 2. The predicted molar refractivity (Wildman–Crippen MR) is 59.9 cm³/mol. The van der Waals surface area contributed by atoms with Crippen LogP contribution in [0.15, 0.2) is 18.2 Å². The average Bonchev–Trinajstić information content (AvgIpc) is 2.32. The molecular weight excluding hydrogens is 246 g/mol. The monoisotopic (exact) mass is 260 g/mol. The normalized spacial score (nSPS) is 12.0. The van der Waals surface area contributed by atoms with E-state index in [4.69, 9.17) is 15.6 Å². The third kappa shape index (κ3) is 4.64. The van der Waals surface area contributed by atoms with Gasteiger partial charge in [0.05, 0.1) is 13.2 Å². The van der Waals surface area contributed by atoms with Crippen LogP contribution < -0.4 is 15.8 Å². The number of nitrogens with two attached hydrogens (primary N) is 1. The SMILES string of the molecule is NC(CO)C(=O)NCCOc1cc(F)cc(F)c1. The molecule has 0 aromatic heterocycles. The van der Waals surface area contributed by atoms with Crippen LogP contribution in [0.5, 0.6) is 5.75 Å². The Bertz CT molecular complexity index is 395. The predicted octanol–water partition coefficient (Wildman–Crippen LogP) is -0.221. The molecule has 1 aromatic carbocycles. The van der Waals surface area contributed by atoms with E-state index in [-0.39, 0.29) is 18.9 Å². The molecule has 7 heteroatoms. The van der Waals surface area contributed by atoms with Gasteiger partial charge in [-0.15, -0.1) is 0 Å². The lowest BCUT2D eigenvalue weighted by molar-refractivity contribution is -0.123. The van der Waals surface area contributed by atoms with Crippen LogP contribution in [-0.4, -0.2) is 36.8 Å². The molecule has 100 valence electrons. The van der Waals surface area contributed by atoms with Crippen LogP contribution in [-0.2, 0) is 4.79 Å². The van der Waals surface area contributed by atoms with Crippen molar-refractivity contribution in [1.82, 2.24) is 5.32 Å². The molecular formula is C11H14F2N2O3. The van der Waals surface area contributed by atoms with Gasteiger partial charge in [0.2, 0.25) is 5.91 Å². The number of aliphatic hydroxyl groups is 1. The molecule has 0 saturated carbocycles. The van der Waals surface area contributed by atoms with Crippen LogP contribution in [0, 0.1) is 11.6 Å². The molecule has 0 fully saturated rings. The van der Waals surface area contributed by atoms with E-state index in [9.17, 15) is 13.6 Å². The lowest BCUT2D eigenvalue weighted by Gasteiger charge is -2.10. The maximum atomic E-state index is 12.8. The van der Waals surface area contributed by atoms with Crippen LogP contribution in [0.3, 0.4) is 0 Å². The lowest BCUT2D eigenvalue weighted by atomic mass is 10.3. The van der Waals surface area contributed by atoms with Crippen LogP contribution in [0.25, 0.3) is 0 Å². The summed E-state index contributed by atoms with van der Waals surface area (Å²) in [7, 11) is 0. The molecule has 0 aliphatic rings. The van der Waals surface area contributed by atoms with Gasteiger partial charge in [0.25, 0.3) is 0 Å². The molecule has 18 heavy (non-hydrogen) atoms. The van der Waals surface area contributed by atoms with Gasteiger partial charge < -0.3 is 20.9 Å². The van der Waals surface area contributed by atoms with Gasteiger partial charge in [-0.05, 0) is 0 Å². The Balaban J connectivity index is 2.31. The fraction of sp³-hybridized carbons (Fsp3) is 0.364. The van der Waals surface area contributed by atoms with Gasteiger partial charge in [-0.25, -0.2) is 8.78 Å². The van der Waals surface area contributed by atoms with Gasteiger partial charge in [-0.3, -0.25) is 4.79 Å². The second-order valence-electron chi connectivity index (χ2n) is 3.53. The van der Waals surface area contributed by atoms with Crippen LogP contribution in [0.1, 0.15) is 0 Å². The van der Waals surface area contributed by atoms with Crippen LogP contribution in [0.2, 0.25) is 0 Å². The first-order chi connectivity index (χ1) is 8.52. The van der Waals surface area contributed by atoms with Crippen molar-refractivity contribution < 1.29 is 23.4 Å². The maximum Gasteiger partial charge on any atom is 0.239 e. The van der Waals surface area contributed by atoms with Gasteiger partial charge in [0.15, 0.2) is 0 Å². The summed E-state index contributed by atoms with van der Waals surface area (Å²) in [6, 6.07) is 1.81. The first-order valence-corrected chi connectivity index (χ1v) is 5.26. The largest absolute Gasteiger partial charge is 0.492 e. The van der Waals surface area contributed by atoms with E-state index in [1.54, 1.807) is 0 Å². The Labute approximate surface area is 103 Å². The first kappa shape index (κ1) is 14.3. The Morgan fingerprint density at radius 3 is 2.56 bits per heavy atom. The second kappa shape index (κ2) is 6.87. The van der Waals surface area contributed by atoms with E-state index in [1.807, 2.05) is 0 Å². The minimum atomic E-state index is -0.989. The minimum absolute atomic E-state index is 0.0345. The topological polar surface area (TPSA) is 84.6 Å². The van der Waals surface area contributed by atoms with Gasteiger partial charge in [-0.2, -0.15) is 0 Å². The third-order valence-corrected chi connectivity index (χ3v) is 2.04. The summed E-state index contributed by atoms with van der Waals surface area (Å²) in [5.74, 6) is -1.97. The van der Waals surface area contributed by atoms with Gasteiger partial charge in [-0.1, -0.05) is 0 Å². The van der Waals surface area contributed by atoms with Crippen molar-refractivity contribution >= 4 is 5.91 Å². The molecule has 1 unspecified atom stereocenters. The molecule has 5 nitrogen and oxygen atoms in total. The number of aliphatic hydroxyl groups excluding tert-OH is 1. The molecule has 0 heterocycles. The Morgan fingerprint density at radius 1 is 1.39 bits per heavy atom. The highest BCUT2D eigenvalue weighted by Crippen LogP contribution is 2.14. The molecule has 1 atom stereocenters. The Hall–Kier alpha value is -1.73. The van der Waals surface area contributed by atoms with Crippen LogP contribution in [0.4, 0.5) is 8.78 Å². The molecule has 0 bridgehead atoms. The summed E-state index contributed by atoms with van der Waals surface area (Å²) in [5.41, 5.74) is 5.25. The highest BCUT2D eigenvalue weighted by molar-refractivity contribution is 5.81. The molecule has 0 aliphatic heterocycles. The number of rotatable bonds is 6. The molecule has 0 spiro atoms. The summed E-state index contributed by atoms with van der Waals surface area (Å²) in [6.07, 6.45) is 0. The zero-order valence-corrected chi connectivity index (χ0v) is 9.53. The highest BCUT2D eigenvalue weighted by atomic mass is 19.1. The summed E-state index contributed by atoms with van der Waals surface area (Å²) in [4.78, 5) is 11.1. The van der Waals surface area contributed by atoms with E-state index in [0.717, 1.165) is 18.2 Å². The zero-order chi connectivity index (χ0) is 13.5. The van der Waals surface area contributed by atoms with E-state index < -0.39 is 30.2 Å². The standard InChI is InChI=1S/C11H14F2N2O3/c12-7-3-8(13)5-9(4-7)18-2-1-15-11(17)10(14)6-16/h3-5,10,16H,1-2,6,14H2,(H,15,17). The molecule has 1 rings (SSSR count). The quantitative estimate of drug-likeness (QED) is 0.617. The summed E-state index contributed by atoms with van der Waals surface area (Å²) < 4.78 is 30.6. The maximum absolute atomic E-state index is 12.8. The van der Waals surface area contributed by atoms with E-state index in [1.165, 1.54) is 0 Å². The Kier molecular flexibility index (Phi) is 5.47. The summed E-state index contributed by atoms with van der Waals surface area (Å²) in [6.45, 7) is -0.306. The van der Waals surface area contributed by atoms with Crippen molar-refractivity contribution in [3.8, 4) is 5.75 Å². The molecule has 0 saturated heterocycles. The second-order valence-corrected chi connectivity index (χ2v) is 3.53. The number of hydrogen-bond acceptors (Lipinski definition) is 4. The number of amides is 1. The zero-order valence-electron chi connectivity index (χ0n) is 9.53. The smallest absolute Gasteiger partial charge is 0.239 e. The van der Waals surface area contributed by atoms with Crippen molar-refractivity contribution in [1.29, 1.82) is 0 Å².